The Bertz CT molecular complexity index is 890. The third-order valence-corrected chi connectivity index (χ3v) is 3.68. The summed E-state index contributed by atoms with van der Waals surface area (Å²) >= 11 is 3.36. The number of aromatic nitrogens is 2. The minimum Gasteiger partial charge on any atom is -0.272 e. The first-order chi connectivity index (χ1) is 11.6. The summed E-state index contributed by atoms with van der Waals surface area (Å²) < 4.78 is 13.9. The molecule has 0 aliphatic rings. The second-order valence-electron chi connectivity index (χ2n) is 4.93. The van der Waals surface area contributed by atoms with Crippen LogP contribution >= 0.6 is 15.9 Å². The van der Waals surface area contributed by atoms with Crippen LogP contribution < -0.4 is 5.43 Å². The monoisotopic (exact) mass is 386 g/mol. The van der Waals surface area contributed by atoms with Gasteiger partial charge >= 0.3 is 0 Å². The van der Waals surface area contributed by atoms with E-state index in [9.17, 15) is 9.18 Å². The summed E-state index contributed by atoms with van der Waals surface area (Å²) in [6, 6.07) is 15.0. The standard InChI is InChI=1S/C17H12BrFN4O/c18-13-3-1-2-11(8-13)10-20-23-17(24)16-9-15(21-22-16)12-4-6-14(19)7-5-12/h1-10H,(H,21,22)(H,23,24)/b20-10+. The van der Waals surface area contributed by atoms with Gasteiger partial charge in [0, 0.05) is 10.0 Å². The highest BCUT2D eigenvalue weighted by Crippen LogP contribution is 2.18. The molecule has 0 unspecified atom stereocenters. The Kier molecular flexibility index (Phi) is 4.81. The first-order valence-corrected chi connectivity index (χ1v) is 7.81. The molecule has 0 aliphatic carbocycles. The molecule has 0 aliphatic heterocycles. The number of nitrogens with zero attached hydrogens (tertiary/aromatic N) is 2. The van der Waals surface area contributed by atoms with Crippen molar-refractivity contribution in [3.63, 3.8) is 0 Å². The lowest BCUT2D eigenvalue weighted by atomic mass is 10.1. The van der Waals surface area contributed by atoms with Crippen LogP contribution in [0.2, 0.25) is 0 Å². The van der Waals surface area contributed by atoms with Crippen LogP contribution in [0.15, 0.2) is 64.2 Å². The molecule has 5 nitrogen and oxygen atoms in total. The number of carbonyl (C=O) groups excluding carboxylic acids is 1. The predicted molar refractivity (Wildman–Crippen MR) is 93.2 cm³/mol. The molecule has 1 aromatic heterocycles. The largest absolute Gasteiger partial charge is 0.289 e. The number of hydrogen-bond acceptors (Lipinski definition) is 3. The summed E-state index contributed by atoms with van der Waals surface area (Å²) in [5.41, 5.74) is 4.80. The zero-order chi connectivity index (χ0) is 16.9. The smallest absolute Gasteiger partial charge is 0.272 e. The quantitative estimate of drug-likeness (QED) is 0.529. The Morgan fingerprint density at radius 3 is 2.75 bits per heavy atom. The summed E-state index contributed by atoms with van der Waals surface area (Å²) in [6.07, 6.45) is 1.54. The van der Waals surface area contributed by atoms with Gasteiger partial charge in [0.25, 0.3) is 5.91 Å². The average Bonchev–Trinajstić information content (AvgIpc) is 3.05. The average molecular weight is 387 g/mol. The zero-order valence-electron chi connectivity index (χ0n) is 12.3. The van der Waals surface area contributed by atoms with E-state index < -0.39 is 5.91 Å². The number of hydrogen-bond donors (Lipinski definition) is 2. The molecule has 3 rings (SSSR count). The minimum absolute atomic E-state index is 0.265. The van der Waals surface area contributed by atoms with Gasteiger partial charge in [-0.2, -0.15) is 10.2 Å². The van der Waals surface area contributed by atoms with Crippen LogP contribution in [0.1, 0.15) is 16.1 Å². The van der Waals surface area contributed by atoms with Crippen molar-refractivity contribution in [2.45, 2.75) is 0 Å². The van der Waals surface area contributed by atoms with E-state index >= 15 is 0 Å². The minimum atomic E-state index is -0.415. The van der Waals surface area contributed by atoms with Gasteiger partial charge in [0.1, 0.15) is 11.5 Å². The first kappa shape index (κ1) is 16.1. The maximum absolute atomic E-state index is 12.9. The first-order valence-electron chi connectivity index (χ1n) is 7.02. The summed E-state index contributed by atoms with van der Waals surface area (Å²) in [5.74, 6) is -0.740. The van der Waals surface area contributed by atoms with Crippen LogP contribution in [0.4, 0.5) is 4.39 Å². The van der Waals surface area contributed by atoms with Crippen LogP contribution in [0.5, 0.6) is 0 Å². The van der Waals surface area contributed by atoms with E-state index in [0.717, 1.165) is 10.0 Å². The van der Waals surface area contributed by atoms with Crippen molar-refractivity contribution in [3.05, 3.63) is 76.1 Å². The van der Waals surface area contributed by atoms with Crippen molar-refractivity contribution in [1.82, 2.24) is 15.6 Å². The molecule has 2 N–H and O–H groups in total. The number of amides is 1. The summed E-state index contributed by atoms with van der Waals surface area (Å²) in [5, 5.41) is 10.6. The molecule has 0 bridgehead atoms. The van der Waals surface area contributed by atoms with Crippen LogP contribution in [-0.4, -0.2) is 22.3 Å². The van der Waals surface area contributed by atoms with Crippen molar-refractivity contribution < 1.29 is 9.18 Å². The zero-order valence-corrected chi connectivity index (χ0v) is 13.9. The number of H-pyrrole nitrogens is 1. The van der Waals surface area contributed by atoms with Crippen LogP contribution in [0.3, 0.4) is 0 Å². The van der Waals surface area contributed by atoms with Crippen LogP contribution in [0, 0.1) is 5.82 Å². The maximum Gasteiger partial charge on any atom is 0.289 e. The number of nitrogens with one attached hydrogen (secondary N) is 2. The molecule has 7 heteroatoms. The Balaban J connectivity index is 1.66. The molecule has 0 spiro atoms. The molecule has 24 heavy (non-hydrogen) atoms. The molecule has 1 heterocycles. The lowest BCUT2D eigenvalue weighted by Gasteiger charge is -1.97. The number of rotatable bonds is 4. The van der Waals surface area contributed by atoms with Gasteiger partial charge in [-0.1, -0.05) is 28.1 Å². The Hall–Kier alpha value is -2.80. The normalized spacial score (nSPS) is 10.9. The Morgan fingerprint density at radius 1 is 1.21 bits per heavy atom. The van der Waals surface area contributed by atoms with Gasteiger partial charge < -0.3 is 0 Å². The molecule has 0 saturated heterocycles. The van der Waals surface area contributed by atoms with Crippen LogP contribution in [0.25, 0.3) is 11.3 Å². The molecule has 0 fully saturated rings. The molecule has 120 valence electrons. The second kappa shape index (κ2) is 7.18. The lowest BCUT2D eigenvalue weighted by molar-refractivity contribution is 0.0950. The molecular weight excluding hydrogens is 375 g/mol. The van der Waals surface area contributed by atoms with Crippen molar-refractivity contribution in [1.29, 1.82) is 0 Å². The van der Waals surface area contributed by atoms with Crippen molar-refractivity contribution in [2.24, 2.45) is 5.10 Å². The highest BCUT2D eigenvalue weighted by Gasteiger charge is 2.10. The molecule has 2 aromatic carbocycles. The van der Waals surface area contributed by atoms with Crippen molar-refractivity contribution >= 4 is 28.1 Å². The van der Waals surface area contributed by atoms with Gasteiger partial charge in [-0.25, -0.2) is 9.82 Å². The van der Waals surface area contributed by atoms with Gasteiger partial charge in [0.2, 0.25) is 0 Å². The summed E-state index contributed by atoms with van der Waals surface area (Å²) in [7, 11) is 0. The molecule has 0 saturated carbocycles. The number of carbonyl (C=O) groups is 1. The number of aromatic amines is 1. The van der Waals surface area contributed by atoms with Gasteiger partial charge in [0.15, 0.2) is 0 Å². The Morgan fingerprint density at radius 2 is 2.00 bits per heavy atom. The summed E-state index contributed by atoms with van der Waals surface area (Å²) in [6.45, 7) is 0. The van der Waals surface area contributed by atoms with Gasteiger partial charge in [-0.3, -0.25) is 9.89 Å². The third kappa shape index (κ3) is 3.94. The van der Waals surface area contributed by atoms with Gasteiger partial charge in [0.05, 0.1) is 11.9 Å². The number of halogens is 2. The second-order valence-corrected chi connectivity index (χ2v) is 5.84. The van der Waals surface area contributed by atoms with E-state index in [1.54, 1.807) is 24.4 Å². The van der Waals surface area contributed by atoms with E-state index in [1.807, 2.05) is 24.3 Å². The fourth-order valence-electron chi connectivity index (χ4n) is 2.02. The number of hydrazone groups is 1. The van der Waals surface area contributed by atoms with E-state index in [2.05, 4.69) is 36.7 Å². The summed E-state index contributed by atoms with van der Waals surface area (Å²) in [4.78, 5) is 12.0. The molecule has 3 aromatic rings. The van der Waals surface area contributed by atoms with E-state index in [1.165, 1.54) is 12.1 Å². The molecule has 0 atom stereocenters. The fraction of sp³-hybridized carbons (Fsp3) is 0. The van der Waals surface area contributed by atoms with Gasteiger partial charge in [-0.15, -0.1) is 0 Å². The van der Waals surface area contributed by atoms with Gasteiger partial charge in [-0.05, 0) is 48.0 Å². The highest BCUT2D eigenvalue weighted by molar-refractivity contribution is 9.10. The topological polar surface area (TPSA) is 70.1 Å². The Labute approximate surface area is 145 Å². The van der Waals surface area contributed by atoms with E-state index in [4.69, 9.17) is 0 Å². The maximum atomic E-state index is 12.9. The highest BCUT2D eigenvalue weighted by atomic mass is 79.9. The van der Waals surface area contributed by atoms with E-state index in [0.29, 0.717) is 11.3 Å². The fourth-order valence-corrected chi connectivity index (χ4v) is 2.44. The van der Waals surface area contributed by atoms with Crippen LogP contribution in [-0.2, 0) is 0 Å². The molecule has 0 radical (unpaired) electrons. The lowest BCUT2D eigenvalue weighted by Crippen LogP contribution is -2.17. The van der Waals surface area contributed by atoms with E-state index in [-0.39, 0.29) is 11.5 Å². The molecule has 1 amide bonds. The predicted octanol–water partition coefficient (Wildman–Crippen LogP) is 3.74. The van der Waals surface area contributed by atoms with Crippen molar-refractivity contribution in [3.8, 4) is 11.3 Å². The van der Waals surface area contributed by atoms with Crippen molar-refractivity contribution in [2.75, 3.05) is 0 Å². The number of benzene rings is 2. The SMILES string of the molecule is O=C(N/N=C/c1cccc(Br)c1)c1cc(-c2ccc(F)cc2)n[nH]1. The third-order valence-electron chi connectivity index (χ3n) is 3.19. The molecular formula is C17H12BrFN4O.